The average molecular weight is 266 g/mol. The number of halogens is 3. The normalized spacial score (nSPS) is 10.9. The van der Waals surface area contributed by atoms with Gasteiger partial charge in [0.25, 0.3) is 0 Å². The highest BCUT2D eigenvalue weighted by Gasteiger charge is 2.05. The van der Waals surface area contributed by atoms with E-state index >= 15 is 0 Å². The fraction of sp³-hybridized carbons (Fsp3) is 0. The molecule has 0 saturated heterocycles. The molecule has 0 aliphatic rings. The van der Waals surface area contributed by atoms with E-state index in [1.54, 1.807) is 12.1 Å². The molecule has 2 rings (SSSR count). The number of rotatable bonds is 0. The number of aromatic nitrogens is 2. The van der Waals surface area contributed by atoms with Gasteiger partial charge >= 0.3 is 0 Å². The highest BCUT2D eigenvalue weighted by Crippen LogP contribution is 2.27. The molecule has 1 N–H and O–H groups in total. The van der Waals surface area contributed by atoms with Crippen molar-refractivity contribution in [3.63, 3.8) is 0 Å². The Bertz CT molecular complexity index is 438. The van der Waals surface area contributed by atoms with Gasteiger partial charge in [-0.3, -0.25) is 0 Å². The molecule has 12 heavy (non-hydrogen) atoms. The van der Waals surface area contributed by atoms with Gasteiger partial charge in [0.05, 0.1) is 11.0 Å². The maximum Gasteiger partial charge on any atom is 0.201 e. The summed E-state index contributed by atoms with van der Waals surface area (Å²) in [4.78, 5) is 6.93. The van der Waals surface area contributed by atoms with E-state index in [1.165, 1.54) is 0 Å². The van der Waals surface area contributed by atoms with Gasteiger partial charge < -0.3 is 4.98 Å². The van der Waals surface area contributed by atoms with Crippen LogP contribution in [0.4, 0.5) is 0 Å². The lowest BCUT2D eigenvalue weighted by molar-refractivity contribution is 1.34. The third-order valence-corrected chi connectivity index (χ3v) is 2.50. The van der Waals surface area contributed by atoms with Crippen LogP contribution in [0, 0.1) is 0 Å². The molecule has 5 heteroatoms. The minimum atomic E-state index is 0.368. The zero-order chi connectivity index (χ0) is 8.72. The van der Waals surface area contributed by atoms with E-state index in [0.29, 0.717) is 10.3 Å². The lowest BCUT2D eigenvalue weighted by atomic mass is 10.3. The first kappa shape index (κ1) is 8.35. The number of aromatic amines is 1. The zero-order valence-corrected chi connectivity index (χ0v) is 8.83. The summed E-state index contributed by atoms with van der Waals surface area (Å²) >= 11 is 14.8. The van der Waals surface area contributed by atoms with Crippen LogP contribution in [0.5, 0.6) is 0 Å². The predicted octanol–water partition coefficient (Wildman–Crippen LogP) is 3.63. The quantitative estimate of drug-likeness (QED) is 0.774. The summed E-state index contributed by atoms with van der Waals surface area (Å²) in [5.41, 5.74) is 1.63. The zero-order valence-electron chi connectivity index (χ0n) is 5.74. The monoisotopic (exact) mass is 264 g/mol. The number of benzene rings is 1. The molecule has 0 amide bonds. The van der Waals surface area contributed by atoms with Gasteiger partial charge in [-0.25, -0.2) is 4.98 Å². The predicted molar refractivity (Wildman–Crippen MR) is 53.8 cm³/mol. The number of hydrogen-bond donors (Lipinski definition) is 1. The molecule has 0 aliphatic carbocycles. The smallest absolute Gasteiger partial charge is 0.201 e. The highest BCUT2D eigenvalue weighted by atomic mass is 79.9. The SMILES string of the molecule is Clc1cc(Br)c2[nH]c(Cl)nc2c1. The number of nitrogens with one attached hydrogen (secondary N) is 1. The lowest BCUT2D eigenvalue weighted by Crippen LogP contribution is -1.72. The first-order chi connectivity index (χ1) is 5.66. The number of H-pyrrole nitrogens is 1. The van der Waals surface area contributed by atoms with Gasteiger partial charge in [-0.1, -0.05) is 11.6 Å². The topological polar surface area (TPSA) is 28.7 Å². The van der Waals surface area contributed by atoms with Gasteiger partial charge in [0.15, 0.2) is 0 Å². The van der Waals surface area contributed by atoms with Crippen molar-refractivity contribution in [1.29, 1.82) is 0 Å². The Balaban J connectivity index is 2.88. The molecule has 0 spiro atoms. The summed E-state index contributed by atoms with van der Waals surface area (Å²) in [6.45, 7) is 0. The van der Waals surface area contributed by atoms with E-state index in [1.807, 2.05) is 0 Å². The largest absolute Gasteiger partial charge is 0.328 e. The van der Waals surface area contributed by atoms with Crippen LogP contribution < -0.4 is 0 Å². The van der Waals surface area contributed by atoms with Crippen molar-refractivity contribution in [2.75, 3.05) is 0 Å². The van der Waals surface area contributed by atoms with Crippen LogP contribution in [-0.4, -0.2) is 9.97 Å². The van der Waals surface area contributed by atoms with E-state index in [-0.39, 0.29) is 0 Å². The van der Waals surface area contributed by atoms with Crippen molar-refractivity contribution < 1.29 is 0 Å². The molecule has 2 nitrogen and oxygen atoms in total. The summed E-state index contributed by atoms with van der Waals surface area (Å²) in [6.07, 6.45) is 0. The third-order valence-electron chi connectivity index (χ3n) is 1.48. The molecule has 0 atom stereocenters. The van der Waals surface area contributed by atoms with Crippen LogP contribution in [-0.2, 0) is 0 Å². The van der Waals surface area contributed by atoms with Gasteiger partial charge in [0, 0.05) is 9.50 Å². The Morgan fingerprint density at radius 3 is 2.83 bits per heavy atom. The van der Waals surface area contributed by atoms with Gasteiger partial charge in [-0.15, -0.1) is 0 Å². The van der Waals surface area contributed by atoms with Crippen LogP contribution in [0.3, 0.4) is 0 Å². The molecule has 0 aliphatic heterocycles. The van der Waals surface area contributed by atoms with E-state index < -0.39 is 0 Å². The Morgan fingerprint density at radius 1 is 1.33 bits per heavy atom. The van der Waals surface area contributed by atoms with Gasteiger partial charge in [0.2, 0.25) is 5.28 Å². The van der Waals surface area contributed by atoms with Crippen LogP contribution in [0.2, 0.25) is 10.3 Å². The van der Waals surface area contributed by atoms with Crippen LogP contribution >= 0.6 is 39.1 Å². The molecule has 0 radical (unpaired) electrons. The molecule has 0 fully saturated rings. The Morgan fingerprint density at radius 2 is 2.08 bits per heavy atom. The molecule has 1 heterocycles. The Labute approximate surface area is 87.0 Å². The second kappa shape index (κ2) is 2.91. The van der Waals surface area contributed by atoms with Crippen molar-refractivity contribution in [3.8, 4) is 0 Å². The van der Waals surface area contributed by atoms with Crippen LogP contribution in [0.25, 0.3) is 11.0 Å². The van der Waals surface area contributed by atoms with E-state index in [2.05, 4.69) is 25.9 Å². The molecule has 1 aromatic carbocycles. The van der Waals surface area contributed by atoms with Crippen molar-refractivity contribution in [2.24, 2.45) is 0 Å². The lowest BCUT2D eigenvalue weighted by Gasteiger charge is -1.93. The molecule has 2 aromatic rings. The maximum absolute atomic E-state index is 5.81. The molecule has 1 aromatic heterocycles. The first-order valence-corrected chi connectivity index (χ1v) is 4.72. The number of imidazole rings is 1. The summed E-state index contributed by atoms with van der Waals surface area (Å²) in [5.74, 6) is 0. The Hall–Kier alpha value is -0.250. The summed E-state index contributed by atoms with van der Waals surface area (Å²) < 4.78 is 0.865. The van der Waals surface area contributed by atoms with E-state index in [4.69, 9.17) is 23.2 Å². The maximum atomic E-state index is 5.81. The molecular formula is C7H3BrCl2N2. The van der Waals surface area contributed by atoms with E-state index in [9.17, 15) is 0 Å². The van der Waals surface area contributed by atoms with Crippen LogP contribution in [0.1, 0.15) is 0 Å². The molecule has 0 unspecified atom stereocenters. The van der Waals surface area contributed by atoms with Crippen molar-refractivity contribution in [1.82, 2.24) is 9.97 Å². The van der Waals surface area contributed by atoms with Gasteiger partial charge in [0.1, 0.15) is 0 Å². The molecule has 62 valence electrons. The van der Waals surface area contributed by atoms with Crippen molar-refractivity contribution in [2.45, 2.75) is 0 Å². The fourth-order valence-electron chi connectivity index (χ4n) is 1.01. The minimum Gasteiger partial charge on any atom is -0.328 e. The summed E-state index contributed by atoms with van der Waals surface area (Å²) in [6, 6.07) is 3.54. The molecular weight excluding hydrogens is 263 g/mol. The standard InChI is InChI=1S/C7H3BrCl2N2/c8-4-1-3(9)2-5-6(4)12-7(10)11-5/h1-2H,(H,11,12). The van der Waals surface area contributed by atoms with Crippen LogP contribution in [0.15, 0.2) is 16.6 Å². The molecule has 0 saturated carbocycles. The fourth-order valence-corrected chi connectivity index (χ4v) is 2.09. The van der Waals surface area contributed by atoms with Gasteiger partial charge in [-0.2, -0.15) is 0 Å². The highest BCUT2D eigenvalue weighted by molar-refractivity contribution is 9.10. The van der Waals surface area contributed by atoms with Crippen molar-refractivity contribution in [3.05, 3.63) is 26.9 Å². The second-order valence-corrected chi connectivity index (χ2v) is 3.96. The van der Waals surface area contributed by atoms with Gasteiger partial charge in [-0.05, 0) is 39.7 Å². The average Bonchev–Trinajstić information content (AvgIpc) is 2.29. The molecule has 0 bridgehead atoms. The second-order valence-electron chi connectivity index (χ2n) is 2.31. The third kappa shape index (κ3) is 1.32. The number of nitrogens with zero attached hydrogens (tertiary/aromatic N) is 1. The minimum absolute atomic E-state index is 0.368. The Kier molecular flexibility index (Phi) is 2.02. The summed E-state index contributed by atoms with van der Waals surface area (Å²) in [5, 5.41) is 1.01. The first-order valence-electron chi connectivity index (χ1n) is 3.17. The number of hydrogen-bond acceptors (Lipinski definition) is 1. The van der Waals surface area contributed by atoms with E-state index in [0.717, 1.165) is 15.5 Å². The summed E-state index contributed by atoms with van der Waals surface area (Å²) in [7, 11) is 0. The van der Waals surface area contributed by atoms with Crippen molar-refractivity contribution >= 4 is 50.2 Å². The number of fused-ring (bicyclic) bond motifs is 1.